The quantitative estimate of drug-likeness (QED) is 0.646. The summed E-state index contributed by atoms with van der Waals surface area (Å²) in [5.74, 6) is -0.176. The van der Waals surface area contributed by atoms with E-state index in [4.69, 9.17) is 4.55 Å². The molecule has 0 aliphatic rings. The first-order chi connectivity index (χ1) is 7.92. The Hall–Kier alpha value is -0.650. The van der Waals surface area contributed by atoms with Gasteiger partial charge in [0.25, 0.3) is 10.1 Å². The molecule has 0 atom stereocenters. The van der Waals surface area contributed by atoms with E-state index in [0.717, 1.165) is 28.4 Å². The molecular formula is C12H15BrO3S. The van der Waals surface area contributed by atoms with Gasteiger partial charge in [-0.2, -0.15) is 8.42 Å². The number of unbranched alkanes of at least 4 members (excludes halogenated alkanes) is 1. The summed E-state index contributed by atoms with van der Waals surface area (Å²) in [5.41, 5.74) is 2.18. The van der Waals surface area contributed by atoms with E-state index in [-0.39, 0.29) is 5.75 Å². The average molecular weight is 319 g/mol. The van der Waals surface area contributed by atoms with Crippen molar-refractivity contribution in [1.29, 1.82) is 0 Å². The minimum Gasteiger partial charge on any atom is -0.286 e. The predicted octanol–water partition coefficient (Wildman–Crippen LogP) is 3.30. The molecule has 0 saturated heterocycles. The van der Waals surface area contributed by atoms with Crippen LogP contribution in [0.15, 0.2) is 29.3 Å². The molecule has 0 unspecified atom stereocenters. The van der Waals surface area contributed by atoms with Crippen LogP contribution in [0.4, 0.5) is 0 Å². The summed E-state index contributed by atoms with van der Waals surface area (Å²) in [4.78, 5) is 0. The van der Waals surface area contributed by atoms with Crippen LogP contribution >= 0.6 is 15.9 Å². The molecule has 0 aliphatic carbocycles. The van der Waals surface area contributed by atoms with E-state index in [0.29, 0.717) is 6.42 Å². The van der Waals surface area contributed by atoms with Crippen LogP contribution in [0, 0.1) is 0 Å². The number of hydrogen-bond acceptors (Lipinski definition) is 2. The van der Waals surface area contributed by atoms with E-state index >= 15 is 0 Å². The van der Waals surface area contributed by atoms with Crippen molar-refractivity contribution in [3.05, 3.63) is 40.4 Å². The molecule has 0 fully saturated rings. The third-order valence-electron chi connectivity index (χ3n) is 2.42. The number of aryl methyl sites for hydroxylation is 1. The van der Waals surface area contributed by atoms with Gasteiger partial charge in [0.15, 0.2) is 0 Å². The third-order valence-corrected chi connectivity index (χ3v) is 3.72. The molecule has 17 heavy (non-hydrogen) atoms. The average Bonchev–Trinajstić information content (AvgIpc) is 2.23. The lowest BCUT2D eigenvalue weighted by molar-refractivity contribution is 0.480. The Labute approximate surface area is 110 Å². The van der Waals surface area contributed by atoms with Crippen LogP contribution < -0.4 is 0 Å². The fourth-order valence-corrected chi connectivity index (χ4v) is 2.57. The number of rotatable bonds is 6. The second-order valence-corrected chi connectivity index (χ2v) is 6.28. The van der Waals surface area contributed by atoms with Crippen LogP contribution in [-0.4, -0.2) is 18.7 Å². The molecule has 3 nitrogen and oxygen atoms in total. The summed E-state index contributed by atoms with van der Waals surface area (Å²) in [5, 5.41) is 0. The molecule has 94 valence electrons. The molecule has 0 bridgehead atoms. The molecule has 0 saturated carbocycles. The van der Waals surface area contributed by atoms with Gasteiger partial charge >= 0.3 is 0 Å². The summed E-state index contributed by atoms with van der Waals surface area (Å²) in [6.07, 6.45) is 3.74. The van der Waals surface area contributed by atoms with Crippen molar-refractivity contribution in [2.45, 2.75) is 19.3 Å². The molecule has 1 aromatic rings. The van der Waals surface area contributed by atoms with Crippen LogP contribution in [0.1, 0.15) is 24.0 Å². The van der Waals surface area contributed by atoms with Gasteiger partial charge in [-0.1, -0.05) is 34.7 Å². The highest BCUT2D eigenvalue weighted by atomic mass is 79.9. The number of halogens is 1. The Morgan fingerprint density at radius 3 is 2.65 bits per heavy atom. The van der Waals surface area contributed by atoms with Gasteiger partial charge in [-0.25, -0.2) is 0 Å². The molecule has 0 amide bonds. The van der Waals surface area contributed by atoms with Crippen molar-refractivity contribution in [2.75, 3.05) is 5.75 Å². The van der Waals surface area contributed by atoms with Gasteiger partial charge in [-0.15, -0.1) is 0 Å². The Balaban J connectivity index is 2.57. The Morgan fingerprint density at radius 2 is 2.06 bits per heavy atom. The van der Waals surface area contributed by atoms with Gasteiger partial charge < -0.3 is 0 Å². The summed E-state index contributed by atoms with van der Waals surface area (Å²) < 4.78 is 30.7. The van der Waals surface area contributed by atoms with Gasteiger partial charge in [0.05, 0.1) is 5.75 Å². The highest BCUT2D eigenvalue weighted by Gasteiger charge is 2.05. The van der Waals surface area contributed by atoms with E-state index in [2.05, 4.69) is 22.5 Å². The Bertz CT molecular complexity index is 494. The van der Waals surface area contributed by atoms with E-state index in [1.807, 2.05) is 18.2 Å². The lowest BCUT2D eigenvalue weighted by Gasteiger charge is -2.06. The smallest absolute Gasteiger partial charge is 0.264 e. The Morgan fingerprint density at radius 1 is 1.35 bits per heavy atom. The predicted molar refractivity (Wildman–Crippen MR) is 73.6 cm³/mol. The van der Waals surface area contributed by atoms with Crippen molar-refractivity contribution in [1.82, 2.24) is 0 Å². The maximum Gasteiger partial charge on any atom is 0.264 e. The lowest BCUT2D eigenvalue weighted by Crippen LogP contribution is -2.04. The zero-order valence-electron chi connectivity index (χ0n) is 9.39. The van der Waals surface area contributed by atoms with Crippen molar-refractivity contribution in [3.8, 4) is 0 Å². The fraction of sp³-hybridized carbons (Fsp3) is 0.333. The molecule has 1 aromatic carbocycles. The van der Waals surface area contributed by atoms with Crippen molar-refractivity contribution in [2.24, 2.45) is 0 Å². The zero-order chi connectivity index (χ0) is 12.9. The van der Waals surface area contributed by atoms with E-state index in [1.165, 1.54) is 0 Å². The fourth-order valence-electron chi connectivity index (χ4n) is 1.59. The van der Waals surface area contributed by atoms with Crippen LogP contribution in [0.5, 0.6) is 0 Å². The van der Waals surface area contributed by atoms with Gasteiger partial charge in [0, 0.05) is 4.47 Å². The molecule has 0 heterocycles. The minimum absolute atomic E-state index is 0.176. The second-order valence-electron chi connectivity index (χ2n) is 3.79. The second kappa shape index (κ2) is 6.33. The molecule has 1 rings (SSSR count). The van der Waals surface area contributed by atoms with Gasteiger partial charge in [-0.3, -0.25) is 4.55 Å². The third kappa shape index (κ3) is 5.48. The van der Waals surface area contributed by atoms with Crippen LogP contribution in [0.25, 0.3) is 6.08 Å². The normalized spacial score (nSPS) is 11.4. The number of hydrogen-bond donors (Lipinski definition) is 1. The van der Waals surface area contributed by atoms with Crippen molar-refractivity contribution >= 4 is 32.1 Å². The highest BCUT2D eigenvalue weighted by Crippen LogP contribution is 2.19. The molecule has 1 N–H and O–H groups in total. The maximum atomic E-state index is 10.6. The molecule has 0 radical (unpaired) electrons. The molecule has 0 aromatic heterocycles. The first kappa shape index (κ1) is 14.4. The molecule has 5 heteroatoms. The summed E-state index contributed by atoms with van der Waals surface area (Å²) in [6.45, 7) is 3.74. The minimum atomic E-state index is -3.83. The Kier molecular flexibility index (Phi) is 5.36. The summed E-state index contributed by atoms with van der Waals surface area (Å²) in [6, 6.07) is 5.92. The van der Waals surface area contributed by atoms with Gasteiger partial charge in [0.1, 0.15) is 0 Å². The van der Waals surface area contributed by atoms with Crippen LogP contribution in [-0.2, 0) is 16.5 Å². The largest absolute Gasteiger partial charge is 0.286 e. The standard InChI is InChI=1S/C12H15BrO3S/c1-2-10-6-7-12(13)9-11(10)5-3-4-8-17(14,15)16/h2,6-7,9H,1,3-5,8H2,(H,14,15,16). The van der Waals surface area contributed by atoms with Crippen molar-refractivity contribution < 1.29 is 13.0 Å². The zero-order valence-corrected chi connectivity index (χ0v) is 11.8. The SMILES string of the molecule is C=Cc1ccc(Br)cc1CCCCS(=O)(=O)O. The van der Waals surface area contributed by atoms with Gasteiger partial charge in [-0.05, 0) is 42.5 Å². The van der Waals surface area contributed by atoms with Gasteiger partial charge in [0.2, 0.25) is 0 Å². The summed E-state index contributed by atoms with van der Waals surface area (Å²) in [7, 11) is -3.83. The maximum absolute atomic E-state index is 10.6. The highest BCUT2D eigenvalue weighted by molar-refractivity contribution is 9.10. The molecule has 0 aliphatic heterocycles. The molecular weight excluding hydrogens is 304 g/mol. The number of benzene rings is 1. The summed E-state index contributed by atoms with van der Waals surface area (Å²) >= 11 is 3.40. The van der Waals surface area contributed by atoms with Crippen molar-refractivity contribution in [3.63, 3.8) is 0 Å². The molecule has 0 spiro atoms. The first-order valence-electron chi connectivity index (χ1n) is 5.28. The lowest BCUT2D eigenvalue weighted by atomic mass is 10.0. The first-order valence-corrected chi connectivity index (χ1v) is 7.68. The van der Waals surface area contributed by atoms with E-state index in [9.17, 15) is 8.42 Å². The van der Waals surface area contributed by atoms with E-state index in [1.54, 1.807) is 6.08 Å². The van der Waals surface area contributed by atoms with Crippen LogP contribution in [0.3, 0.4) is 0 Å². The van der Waals surface area contributed by atoms with Crippen LogP contribution in [0.2, 0.25) is 0 Å². The topological polar surface area (TPSA) is 54.4 Å². The monoisotopic (exact) mass is 318 g/mol. The van der Waals surface area contributed by atoms with E-state index < -0.39 is 10.1 Å².